The lowest BCUT2D eigenvalue weighted by Gasteiger charge is -2.21. The molecule has 3 rings (SSSR count). The third-order valence-electron chi connectivity index (χ3n) is 3.88. The van der Waals surface area contributed by atoms with Gasteiger partial charge in [0.2, 0.25) is 0 Å². The van der Waals surface area contributed by atoms with Crippen LogP contribution in [0.25, 0.3) is 5.69 Å². The molecule has 1 atom stereocenters. The van der Waals surface area contributed by atoms with E-state index < -0.39 is 17.6 Å². The Kier molecular flexibility index (Phi) is 3.45. The third kappa shape index (κ3) is 2.53. The summed E-state index contributed by atoms with van der Waals surface area (Å²) in [5, 5.41) is 13.2. The quantitative estimate of drug-likeness (QED) is 0.946. The van der Waals surface area contributed by atoms with Crippen LogP contribution in [0.4, 0.5) is 8.78 Å². The molecule has 1 aliphatic carbocycles. The molecular weight excluding hydrogens is 278 g/mol. The van der Waals surface area contributed by atoms with Crippen molar-refractivity contribution in [2.24, 2.45) is 0 Å². The van der Waals surface area contributed by atoms with Gasteiger partial charge in [0.15, 0.2) is 11.6 Å². The van der Waals surface area contributed by atoms with Gasteiger partial charge in [-0.15, -0.1) is 0 Å². The van der Waals surface area contributed by atoms with E-state index in [1.165, 1.54) is 6.07 Å². The summed E-state index contributed by atoms with van der Waals surface area (Å²) in [4.78, 5) is 10.9. The van der Waals surface area contributed by atoms with Gasteiger partial charge in [-0.25, -0.2) is 13.5 Å². The summed E-state index contributed by atoms with van der Waals surface area (Å²) >= 11 is 0. The predicted octanol–water partition coefficient (Wildman–Crippen LogP) is 3.05. The van der Waals surface area contributed by atoms with Crippen LogP contribution in [0, 0.1) is 11.6 Å². The van der Waals surface area contributed by atoms with Gasteiger partial charge in [-0.3, -0.25) is 4.79 Å². The van der Waals surface area contributed by atoms with Crippen LogP contribution in [0.1, 0.15) is 36.4 Å². The molecule has 1 aromatic heterocycles. The highest BCUT2D eigenvalue weighted by molar-refractivity contribution is 5.68. The molecule has 110 valence electrons. The molecule has 1 N–H and O–H groups in total. The van der Waals surface area contributed by atoms with Gasteiger partial charge in [-0.1, -0.05) is 0 Å². The van der Waals surface area contributed by atoms with E-state index in [1.807, 2.05) is 0 Å². The first-order valence-electron chi connectivity index (χ1n) is 6.80. The lowest BCUT2D eigenvalue weighted by atomic mass is 9.85. The van der Waals surface area contributed by atoms with Gasteiger partial charge in [-0.05, 0) is 42.9 Å². The molecule has 1 heterocycles. The average molecular weight is 292 g/mol. The van der Waals surface area contributed by atoms with Crippen molar-refractivity contribution in [1.82, 2.24) is 9.78 Å². The van der Waals surface area contributed by atoms with E-state index in [1.54, 1.807) is 10.9 Å². The second-order valence-electron chi connectivity index (χ2n) is 5.24. The topological polar surface area (TPSA) is 55.1 Å². The number of carboxylic acids is 1. The minimum absolute atomic E-state index is 0.0645. The van der Waals surface area contributed by atoms with Crippen LogP contribution in [0.15, 0.2) is 24.4 Å². The van der Waals surface area contributed by atoms with Gasteiger partial charge in [0.05, 0.1) is 18.3 Å². The van der Waals surface area contributed by atoms with E-state index in [0.29, 0.717) is 5.69 Å². The van der Waals surface area contributed by atoms with Crippen LogP contribution >= 0.6 is 0 Å². The Bertz CT molecular complexity index is 697. The summed E-state index contributed by atoms with van der Waals surface area (Å²) in [6.45, 7) is 0. The summed E-state index contributed by atoms with van der Waals surface area (Å²) in [6, 6.07) is 3.63. The zero-order valence-electron chi connectivity index (χ0n) is 11.2. The monoisotopic (exact) mass is 292 g/mol. The normalized spacial score (nSPS) is 17.5. The van der Waals surface area contributed by atoms with Gasteiger partial charge >= 0.3 is 5.97 Å². The Labute approximate surface area is 120 Å². The zero-order valence-corrected chi connectivity index (χ0v) is 11.2. The van der Waals surface area contributed by atoms with Crippen LogP contribution in [0.5, 0.6) is 0 Å². The molecule has 1 aliphatic rings. The maximum absolute atomic E-state index is 13.4. The SMILES string of the molecule is O=C(O)CC1CCCc2c1cnn2-c1ccc(F)c(F)c1. The molecule has 6 heteroatoms. The van der Waals surface area contributed by atoms with Crippen molar-refractivity contribution in [2.75, 3.05) is 0 Å². The number of fused-ring (bicyclic) bond motifs is 1. The number of aromatic nitrogens is 2. The Hall–Kier alpha value is -2.24. The van der Waals surface area contributed by atoms with E-state index in [-0.39, 0.29) is 12.3 Å². The fraction of sp³-hybridized carbons (Fsp3) is 0.333. The molecule has 0 amide bonds. The van der Waals surface area contributed by atoms with Crippen molar-refractivity contribution < 1.29 is 18.7 Å². The minimum atomic E-state index is -0.922. The lowest BCUT2D eigenvalue weighted by molar-refractivity contribution is -0.137. The first kappa shape index (κ1) is 13.7. The molecule has 0 aliphatic heterocycles. The van der Waals surface area contributed by atoms with Crippen LogP contribution in [-0.2, 0) is 11.2 Å². The van der Waals surface area contributed by atoms with Gasteiger partial charge < -0.3 is 5.11 Å². The van der Waals surface area contributed by atoms with E-state index >= 15 is 0 Å². The molecule has 0 radical (unpaired) electrons. The van der Waals surface area contributed by atoms with Crippen molar-refractivity contribution in [3.8, 4) is 5.69 Å². The molecular formula is C15H14F2N2O2. The van der Waals surface area contributed by atoms with Crippen molar-refractivity contribution >= 4 is 5.97 Å². The average Bonchev–Trinajstić information content (AvgIpc) is 2.86. The number of hydrogen-bond donors (Lipinski definition) is 1. The second-order valence-corrected chi connectivity index (χ2v) is 5.24. The highest BCUT2D eigenvalue weighted by Crippen LogP contribution is 2.35. The lowest BCUT2D eigenvalue weighted by Crippen LogP contribution is -2.15. The molecule has 2 aromatic rings. The zero-order chi connectivity index (χ0) is 15.0. The number of hydrogen-bond acceptors (Lipinski definition) is 2. The third-order valence-corrected chi connectivity index (χ3v) is 3.88. The molecule has 0 fully saturated rings. The Morgan fingerprint density at radius 1 is 1.38 bits per heavy atom. The number of aliphatic carboxylic acids is 1. The van der Waals surface area contributed by atoms with E-state index in [4.69, 9.17) is 5.11 Å². The van der Waals surface area contributed by atoms with Crippen molar-refractivity contribution in [3.63, 3.8) is 0 Å². The molecule has 0 saturated carbocycles. The molecule has 0 bridgehead atoms. The molecule has 4 nitrogen and oxygen atoms in total. The number of benzene rings is 1. The summed E-state index contributed by atoms with van der Waals surface area (Å²) in [5.41, 5.74) is 2.23. The molecule has 1 unspecified atom stereocenters. The van der Waals surface area contributed by atoms with Crippen LogP contribution in [-0.4, -0.2) is 20.9 Å². The summed E-state index contributed by atoms with van der Waals surface area (Å²) < 4.78 is 27.9. The fourth-order valence-electron chi connectivity index (χ4n) is 2.91. The standard InChI is InChI=1S/C15H14F2N2O2/c16-12-5-4-10(7-13(12)17)19-14-3-1-2-9(6-15(20)21)11(14)8-18-19/h4-5,7-9H,1-3,6H2,(H,20,21). The van der Waals surface area contributed by atoms with Crippen molar-refractivity contribution in [3.05, 3.63) is 47.3 Å². The predicted molar refractivity (Wildman–Crippen MR) is 71.4 cm³/mol. The summed E-state index contributed by atoms with van der Waals surface area (Å²) in [5.74, 6) is -2.73. The summed E-state index contributed by atoms with van der Waals surface area (Å²) in [7, 11) is 0. The molecule has 21 heavy (non-hydrogen) atoms. The van der Waals surface area contributed by atoms with Crippen molar-refractivity contribution in [1.29, 1.82) is 0 Å². The summed E-state index contributed by atoms with van der Waals surface area (Å²) in [6.07, 6.45) is 4.13. The number of carbonyl (C=O) groups is 1. The van der Waals surface area contributed by atoms with Gasteiger partial charge in [0.1, 0.15) is 0 Å². The largest absolute Gasteiger partial charge is 0.481 e. The van der Waals surface area contributed by atoms with Crippen LogP contribution < -0.4 is 0 Å². The fourth-order valence-corrected chi connectivity index (χ4v) is 2.91. The smallest absolute Gasteiger partial charge is 0.303 e. The Morgan fingerprint density at radius 2 is 2.19 bits per heavy atom. The molecule has 1 aromatic carbocycles. The number of halogens is 2. The maximum atomic E-state index is 13.4. The number of carboxylic acid groups (broad SMARTS) is 1. The van der Waals surface area contributed by atoms with Gasteiger partial charge in [0, 0.05) is 11.8 Å². The Morgan fingerprint density at radius 3 is 2.90 bits per heavy atom. The van der Waals surface area contributed by atoms with E-state index in [9.17, 15) is 13.6 Å². The first-order valence-corrected chi connectivity index (χ1v) is 6.80. The minimum Gasteiger partial charge on any atom is -0.481 e. The van der Waals surface area contributed by atoms with Gasteiger partial charge in [-0.2, -0.15) is 5.10 Å². The maximum Gasteiger partial charge on any atom is 0.303 e. The van der Waals surface area contributed by atoms with Crippen molar-refractivity contribution in [2.45, 2.75) is 31.6 Å². The van der Waals surface area contributed by atoms with E-state index in [0.717, 1.165) is 42.7 Å². The molecule has 0 saturated heterocycles. The van der Waals surface area contributed by atoms with Crippen LogP contribution in [0.2, 0.25) is 0 Å². The Balaban J connectivity index is 2.00. The van der Waals surface area contributed by atoms with Gasteiger partial charge in [0.25, 0.3) is 0 Å². The second kappa shape index (κ2) is 5.27. The van der Waals surface area contributed by atoms with E-state index in [2.05, 4.69) is 5.10 Å². The highest BCUT2D eigenvalue weighted by Gasteiger charge is 2.26. The number of nitrogens with zero attached hydrogens (tertiary/aromatic N) is 2. The van der Waals surface area contributed by atoms with Crippen LogP contribution in [0.3, 0.4) is 0 Å². The molecule has 0 spiro atoms. The highest BCUT2D eigenvalue weighted by atomic mass is 19.2. The number of rotatable bonds is 3. The first-order chi connectivity index (χ1) is 10.1.